The molecule has 2 amide bonds. The quantitative estimate of drug-likeness (QED) is 0.521. The molecular formula is C10H19N3O2. The third kappa shape index (κ3) is 5.17. The highest BCUT2D eigenvalue weighted by atomic mass is 16.2. The molecule has 4 N–H and O–H groups in total. The first kappa shape index (κ1) is 13.6. The molecule has 0 aromatic carbocycles. The second-order valence-electron chi connectivity index (χ2n) is 3.25. The molecule has 0 aromatic rings. The van der Waals surface area contributed by atoms with Crippen LogP contribution in [0.15, 0.2) is 12.7 Å². The molecule has 0 aromatic heterocycles. The van der Waals surface area contributed by atoms with Gasteiger partial charge >= 0.3 is 0 Å². The molecule has 0 heterocycles. The summed E-state index contributed by atoms with van der Waals surface area (Å²) in [6.07, 6.45) is 2.43. The second kappa shape index (κ2) is 7.00. The van der Waals surface area contributed by atoms with Gasteiger partial charge in [0, 0.05) is 6.04 Å². The van der Waals surface area contributed by atoms with Crippen molar-refractivity contribution in [1.82, 2.24) is 10.6 Å². The van der Waals surface area contributed by atoms with Crippen molar-refractivity contribution in [3.05, 3.63) is 12.7 Å². The van der Waals surface area contributed by atoms with E-state index < -0.39 is 6.04 Å². The van der Waals surface area contributed by atoms with Crippen molar-refractivity contribution in [3.63, 3.8) is 0 Å². The Hall–Kier alpha value is -1.36. The summed E-state index contributed by atoms with van der Waals surface area (Å²) in [5.41, 5.74) is 5.11. The van der Waals surface area contributed by atoms with Gasteiger partial charge in [-0.05, 0) is 13.3 Å². The van der Waals surface area contributed by atoms with Crippen molar-refractivity contribution >= 4 is 11.8 Å². The van der Waals surface area contributed by atoms with Crippen LogP contribution in [-0.2, 0) is 9.59 Å². The fourth-order valence-corrected chi connectivity index (χ4v) is 1.00. The van der Waals surface area contributed by atoms with Gasteiger partial charge in [-0.15, -0.1) is 6.58 Å². The van der Waals surface area contributed by atoms with Gasteiger partial charge in [-0.25, -0.2) is 0 Å². The Kier molecular flexibility index (Phi) is 6.37. The first-order chi connectivity index (χ1) is 7.04. The van der Waals surface area contributed by atoms with Crippen molar-refractivity contribution in [2.45, 2.75) is 32.4 Å². The fraction of sp³-hybridized carbons (Fsp3) is 0.600. The summed E-state index contributed by atoms with van der Waals surface area (Å²) < 4.78 is 0. The molecule has 0 saturated carbocycles. The molecule has 5 heteroatoms. The second-order valence-corrected chi connectivity index (χ2v) is 3.25. The Bertz CT molecular complexity index is 241. The van der Waals surface area contributed by atoms with Gasteiger partial charge in [0.1, 0.15) is 6.04 Å². The number of hydrogen-bond donors (Lipinski definition) is 3. The van der Waals surface area contributed by atoms with Gasteiger partial charge in [-0.1, -0.05) is 13.0 Å². The van der Waals surface area contributed by atoms with Crippen molar-refractivity contribution < 1.29 is 9.59 Å². The minimum absolute atomic E-state index is 0.0604. The highest BCUT2D eigenvalue weighted by Gasteiger charge is 2.16. The molecule has 0 aliphatic rings. The molecule has 0 saturated heterocycles. The van der Waals surface area contributed by atoms with Crippen LogP contribution < -0.4 is 16.4 Å². The van der Waals surface area contributed by atoms with Gasteiger partial charge in [-0.3, -0.25) is 9.59 Å². The standard InChI is InChI=1S/C10H19N3O2/c1-4-8(5-2)13-10(15)7(3)12-9(14)6-11/h4,7-8H,1,5-6,11H2,2-3H3,(H,12,14)(H,13,15)/t7-,8-/m0/s1. The molecule has 0 aliphatic carbocycles. The third-order valence-corrected chi connectivity index (χ3v) is 2.01. The van der Waals surface area contributed by atoms with Crippen molar-refractivity contribution in [2.75, 3.05) is 6.54 Å². The smallest absolute Gasteiger partial charge is 0.242 e. The van der Waals surface area contributed by atoms with Gasteiger partial charge in [0.25, 0.3) is 0 Å². The summed E-state index contributed by atoms with van der Waals surface area (Å²) in [5, 5.41) is 5.21. The van der Waals surface area contributed by atoms with Crippen LogP contribution in [0.4, 0.5) is 0 Å². The van der Waals surface area contributed by atoms with Crippen LogP contribution in [-0.4, -0.2) is 30.4 Å². The Morgan fingerprint density at radius 3 is 2.47 bits per heavy atom. The third-order valence-electron chi connectivity index (χ3n) is 2.01. The van der Waals surface area contributed by atoms with E-state index in [0.717, 1.165) is 6.42 Å². The maximum absolute atomic E-state index is 11.5. The van der Waals surface area contributed by atoms with E-state index in [9.17, 15) is 9.59 Å². The first-order valence-corrected chi connectivity index (χ1v) is 4.97. The Morgan fingerprint density at radius 1 is 1.47 bits per heavy atom. The van der Waals surface area contributed by atoms with E-state index in [2.05, 4.69) is 17.2 Å². The maximum atomic E-state index is 11.5. The number of nitrogens with two attached hydrogens (primary N) is 1. The van der Waals surface area contributed by atoms with Crippen molar-refractivity contribution in [2.24, 2.45) is 5.73 Å². The molecule has 0 aliphatic heterocycles. The van der Waals surface area contributed by atoms with E-state index in [1.165, 1.54) is 0 Å². The molecule has 5 nitrogen and oxygen atoms in total. The highest BCUT2D eigenvalue weighted by molar-refractivity contribution is 5.88. The minimum atomic E-state index is -0.574. The molecule has 2 atom stereocenters. The van der Waals surface area contributed by atoms with Crippen LogP contribution >= 0.6 is 0 Å². The van der Waals surface area contributed by atoms with Gasteiger partial charge in [0.2, 0.25) is 11.8 Å². The number of carbonyl (C=O) groups excluding carboxylic acids is 2. The average Bonchev–Trinajstić information content (AvgIpc) is 2.24. The summed E-state index contributed by atoms with van der Waals surface area (Å²) in [6, 6.07) is -0.634. The lowest BCUT2D eigenvalue weighted by atomic mass is 10.2. The SMILES string of the molecule is C=C[C@@H](CC)NC(=O)[C@H](C)NC(=O)CN. The number of nitrogens with one attached hydrogen (secondary N) is 2. The van der Waals surface area contributed by atoms with Crippen LogP contribution in [0.5, 0.6) is 0 Å². The number of hydrogen-bond acceptors (Lipinski definition) is 3. The molecule has 0 rings (SSSR count). The number of rotatable bonds is 6. The molecule has 0 unspecified atom stereocenters. The minimum Gasteiger partial charge on any atom is -0.348 e. The molecule has 0 bridgehead atoms. The van der Waals surface area contributed by atoms with E-state index in [-0.39, 0.29) is 24.4 Å². The van der Waals surface area contributed by atoms with Crippen molar-refractivity contribution in [3.8, 4) is 0 Å². The average molecular weight is 213 g/mol. The Labute approximate surface area is 90.1 Å². The molecule has 15 heavy (non-hydrogen) atoms. The van der Waals surface area contributed by atoms with Gasteiger partial charge in [0.05, 0.1) is 6.54 Å². The molecule has 86 valence electrons. The first-order valence-electron chi connectivity index (χ1n) is 4.97. The zero-order chi connectivity index (χ0) is 11.8. The van der Waals surface area contributed by atoms with E-state index >= 15 is 0 Å². The maximum Gasteiger partial charge on any atom is 0.242 e. The zero-order valence-electron chi connectivity index (χ0n) is 9.25. The molecule has 0 spiro atoms. The summed E-state index contributed by atoms with van der Waals surface area (Å²) in [7, 11) is 0. The monoisotopic (exact) mass is 213 g/mol. The molecule has 0 radical (unpaired) electrons. The summed E-state index contributed by atoms with van der Waals surface area (Å²) in [4.78, 5) is 22.4. The molecular weight excluding hydrogens is 194 g/mol. The van der Waals surface area contributed by atoms with E-state index in [0.29, 0.717) is 0 Å². The number of amides is 2. The van der Waals surface area contributed by atoms with E-state index in [1.54, 1.807) is 13.0 Å². The van der Waals surface area contributed by atoms with E-state index in [4.69, 9.17) is 5.73 Å². The Balaban J connectivity index is 4.08. The highest BCUT2D eigenvalue weighted by Crippen LogP contribution is 1.93. The topological polar surface area (TPSA) is 84.2 Å². The predicted molar refractivity (Wildman–Crippen MR) is 59.1 cm³/mol. The normalized spacial score (nSPS) is 13.8. The summed E-state index contributed by atoms with van der Waals surface area (Å²) in [6.45, 7) is 7.03. The predicted octanol–water partition coefficient (Wildman–Crippen LogP) is -0.469. The number of carbonyl (C=O) groups is 2. The summed E-state index contributed by atoms with van der Waals surface area (Å²) in [5.74, 6) is -0.576. The van der Waals surface area contributed by atoms with Crippen LogP contribution in [0, 0.1) is 0 Å². The van der Waals surface area contributed by atoms with Gasteiger partial charge in [0.15, 0.2) is 0 Å². The zero-order valence-corrected chi connectivity index (χ0v) is 9.25. The largest absolute Gasteiger partial charge is 0.348 e. The van der Waals surface area contributed by atoms with Crippen molar-refractivity contribution in [1.29, 1.82) is 0 Å². The van der Waals surface area contributed by atoms with Crippen LogP contribution in [0.25, 0.3) is 0 Å². The fourth-order valence-electron chi connectivity index (χ4n) is 1.00. The van der Waals surface area contributed by atoms with Gasteiger partial charge in [-0.2, -0.15) is 0 Å². The molecule has 0 fully saturated rings. The van der Waals surface area contributed by atoms with Crippen LogP contribution in [0.1, 0.15) is 20.3 Å². The lowest BCUT2D eigenvalue weighted by Crippen LogP contribution is -2.48. The van der Waals surface area contributed by atoms with Crippen LogP contribution in [0.3, 0.4) is 0 Å². The summed E-state index contributed by atoms with van der Waals surface area (Å²) >= 11 is 0. The lowest BCUT2D eigenvalue weighted by molar-refractivity contribution is -0.128. The lowest BCUT2D eigenvalue weighted by Gasteiger charge is -2.17. The van der Waals surface area contributed by atoms with Gasteiger partial charge < -0.3 is 16.4 Å². The van der Waals surface area contributed by atoms with Crippen LogP contribution in [0.2, 0.25) is 0 Å². The Morgan fingerprint density at radius 2 is 2.07 bits per heavy atom. The van der Waals surface area contributed by atoms with E-state index in [1.807, 2.05) is 6.92 Å².